The van der Waals surface area contributed by atoms with E-state index in [4.69, 9.17) is 0 Å². The van der Waals surface area contributed by atoms with Crippen LogP contribution in [0, 0.1) is 17.6 Å². The third kappa shape index (κ3) is 5.34. The summed E-state index contributed by atoms with van der Waals surface area (Å²) in [6, 6.07) is 6.96. The van der Waals surface area contributed by atoms with Crippen molar-refractivity contribution in [2.24, 2.45) is 5.92 Å². The number of likely N-dealkylation sites (N-methyl/N-ethyl adjacent to an activating group) is 1. The first-order chi connectivity index (χ1) is 17.0. The van der Waals surface area contributed by atoms with Gasteiger partial charge in [-0.1, -0.05) is 26.0 Å². The Hall–Kier alpha value is -3.50. The zero-order chi connectivity index (χ0) is 26.2. The Morgan fingerprint density at radius 1 is 1.14 bits per heavy atom. The lowest BCUT2D eigenvalue weighted by atomic mass is 10.1. The van der Waals surface area contributed by atoms with E-state index < -0.39 is 23.7 Å². The maximum Gasteiger partial charge on any atom is 0.573 e. The number of ether oxygens (including phenoxy) is 1. The SMILES string of the molecule is CCN(C(=O)C(C)C)[C@H]1CCN(c2nc3cc(F)c(F)cc3nc2-c2cccc(OC(F)(F)F)c2)C1. The van der Waals surface area contributed by atoms with E-state index in [1.807, 2.05) is 25.7 Å². The summed E-state index contributed by atoms with van der Waals surface area (Å²) in [5.41, 5.74) is 0.611. The quantitative estimate of drug-likeness (QED) is 0.409. The molecule has 192 valence electrons. The van der Waals surface area contributed by atoms with Crippen LogP contribution < -0.4 is 9.64 Å². The van der Waals surface area contributed by atoms with Gasteiger partial charge in [-0.25, -0.2) is 18.7 Å². The van der Waals surface area contributed by atoms with Crippen LogP contribution in [0.5, 0.6) is 5.75 Å². The molecule has 0 N–H and O–H groups in total. The van der Waals surface area contributed by atoms with Crippen molar-refractivity contribution in [3.8, 4) is 17.0 Å². The van der Waals surface area contributed by atoms with Crippen LogP contribution in [0.3, 0.4) is 0 Å². The predicted octanol–water partition coefficient (Wildman–Crippen LogP) is 5.56. The van der Waals surface area contributed by atoms with E-state index in [9.17, 15) is 26.7 Å². The molecular formula is C25H25F5N4O2. The molecule has 0 unspecified atom stereocenters. The van der Waals surface area contributed by atoms with Gasteiger partial charge in [0.2, 0.25) is 5.91 Å². The second-order valence-corrected chi connectivity index (χ2v) is 8.89. The fraction of sp³-hybridized carbons (Fsp3) is 0.400. The fourth-order valence-electron chi connectivity index (χ4n) is 4.41. The van der Waals surface area contributed by atoms with Gasteiger partial charge in [0.15, 0.2) is 17.5 Å². The molecule has 1 amide bonds. The van der Waals surface area contributed by atoms with Crippen molar-refractivity contribution in [1.82, 2.24) is 14.9 Å². The lowest BCUT2D eigenvalue weighted by molar-refractivity contribution is -0.274. The van der Waals surface area contributed by atoms with Crippen LogP contribution in [-0.4, -0.2) is 52.8 Å². The van der Waals surface area contributed by atoms with E-state index in [1.165, 1.54) is 18.2 Å². The molecule has 36 heavy (non-hydrogen) atoms. The van der Waals surface area contributed by atoms with Gasteiger partial charge in [0.05, 0.1) is 17.1 Å². The zero-order valence-electron chi connectivity index (χ0n) is 19.9. The van der Waals surface area contributed by atoms with Gasteiger partial charge in [-0.2, -0.15) is 0 Å². The number of benzene rings is 2. The number of hydrogen-bond acceptors (Lipinski definition) is 5. The standard InChI is InChI=1S/C25H25F5N4O2/c1-4-34(24(35)14(2)3)16-8-9-33(13-16)23-22(15-6-5-7-17(10-15)36-25(28,29)30)31-20-11-18(26)19(27)12-21(20)32-23/h5-7,10-12,14,16H,4,8-9,13H2,1-3H3/t16-/m0/s1. The van der Waals surface area contributed by atoms with Crippen LogP contribution in [0.25, 0.3) is 22.3 Å². The summed E-state index contributed by atoms with van der Waals surface area (Å²) in [7, 11) is 0. The predicted molar refractivity (Wildman–Crippen MR) is 124 cm³/mol. The molecule has 0 aliphatic carbocycles. The maximum absolute atomic E-state index is 13.9. The number of alkyl halides is 3. The first-order valence-corrected chi connectivity index (χ1v) is 11.5. The van der Waals surface area contributed by atoms with Crippen molar-refractivity contribution in [3.05, 3.63) is 48.0 Å². The van der Waals surface area contributed by atoms with E-state index in [2.05, 4.69) is 14.7 Å². The van der Waals surface area contributed by atoms with Crippen molar-refractivity contribution in [3.63, 3.8) is 0 Å². The molecule has 0 bridgehead atoms. The molecule has 4 rings (SSSR count). The average molecular weight is 508 g/mol. The van der Waals surface area contributed by atoms with Gasteiger partial charge in [-0.15, -0.1) is 13.2 Å². The van der Waals surface area contributed by atoms with Crippen LogP contribution in [0.15, 0.2) is 36.4 Å². The smallest absolute Gasteiger partial charge is 0.406 e. The largest absolute Gasteiger partial charge is 0.573 e. The molecule has 1 atom stereocenters. The van der Waals surface area contributed by atoms with Crippen molar-refractivity contribution >= 4 is 22.8 Å². The van der Waals surface area contributed by atoms with E-state index in [-0.39, 0.29) is 40.2 Å². The van der Waals surface area contributed by atoms with Gasteiger partial charge in [0.1, 0.15) is 11.4 Å². The van der Waals surface area contributed by atoms with Crippen molar-refractivity contribution in [2.45, 2.75) is 39.6 Å². The minimum Gasteiger partial charge on any atom is -0.406 e. The van der Waals surface area contributed by atoms with Gasteiger partial charge < -0.3 is 14.5 Å². The number of aromatic nitrogens is 2. The van der Waals surface area contributed by atoms with Gasteiger partial charge in [-0.3, -0.25) is 4.79 Å². The molecule has 1 aliphatic rings. The van der Waals surface area contributed by atoms with Gasteiger partial charge in [0, 0.05) is 43.2 Å². The topological polar surface area (TPSA) is 58.6 Å². The molecule has 1 saturated heterocycles. The summed E-state index contributed by atoms with van der Waals surface area (Å²) >= 11 is 0. The maximum atomic E-state index is 13.9. The van der Waals surface area contributed by atoms with Crippen LogP contribution in [0.1, 0.15) is 27.2 Å². The van der Waals surface area contributed by atoms with E-state index in [0.717, 1.165) is 18.2 Å². The minimum absolute atomic E-state index is 0.0173. The molecule has 0 saturated carbocycles. The Kier molecular flexibility index (Phi) is 7.01. The highest BCUT2D eigenvalue weighted by Gasteiger charge is 2.34. The summed E-state index contributed by atoms with van der Waals surface area (Å²) in [6.45, 7) is 6.97. The normalized spacial score (nSPS) is 16.1. The number of halogens is 5. The monoisotopic (exact) mass is 508 g/mol. The summed E-state index contributed by atoms with van der Waals surface area (Å²) in [6.07, 6.45) is -4.24. The Morgan fingerprint density at radius 3 is 2.42 bits per heavy atom. The highest BCUT2D eigenvalue weighted by Crippen LogP contribution is 2.35. The Balaban J connectivity index is 1.78. The zero-order valence-corrected chi connectivity index (χ0v) is 19.9. The van der Waals surface area contributed by atoms with Gasteiger partial charge in [0.25, 0.3) is 0 Å². The van der Waals surface area contributed by atoms with Crippen LogP contribution in [-0.2, 0) is 4.79 Å². The molecule has 1 fully saturated rings. The number of hydrogen-bond donors (Lipinski definition) is 0. The van der Waals surface area contributed by atoms with Crippen molar-refractivity contribution in [1.29, 1.82) is 0 Å². The third-order valence-electron chi connectivity index (χ3n) is 6.05. The first-order valence-electron chi connectivity index (χ1n) is 11.5. The molecule has 0 radical (unpaired) electrons. The first kappa shape index (κ1) is 25.6. The second kappa shape index (κ2) is 9.87. The molecule has 3 aromatic rings. The van der Waals surface area contributed by atoms with Crippen LogP contribution >= 0.6 is 0 Å². The Labute approximate surface area is 204 Å². The highest BCUT2D eigenvalue weighted by molar-refractivity contribution is 5.84. The Bertz CT molecular complexity index is 1280. The highest BCUT2D eigenvalue weighted by atomic mass is 19.4. The molecule has 6 nitrogen and oxygen atoms in total. The summed E-state index contributed by atoms with van der Waals surface area (Å²) in [5, 5.41) is 0. The van der Waals surface area contributed by atoms with E-state index in [1.54, 1.807) is 4.90 Å². The molecule has 2 heterocycles. The van der Waals surface area contributed by atoms with Crippen LogP contribution in [0.2, 0.25) is 0 Å². The molecule has 2 aromatic carbocycles. The fourth-order valence-corrected chi connectivity index (χ4v) is 4.41. The van der Waals surface area contributed by atoms with Crippen LogP contribution in [0.4, 0.5) is 27.8 Å². The molecular weight excluding hydrogens is 483 g/mol. The van der Waals surface area contributed by atoms with E-state index >= 15 is 0 Å². The molecule has 0 spiro atoms. The van der Waals surface area contributed by atoms with E-state index in [0.29, 0.717) is 31.9 Å². The van der Waals surface area contributed by atoms with Gasteiger partial charge in [-0.05, 0) is 25.5 Å². The number of carbonyl (C=O) groups excluding carboxylic acids is 1. The third-order valence-corrected chi connectivity index (χ3v) is 6.05. The average Bonchev–Trinajstić information content (AvgIpc) is 3.28. The minimum atomic E-state index is -4.88. The second-order valence-electron chi connectivity index (χ2n) is 8.89. The number of fused-ring (bicyclic) bond motifs is 1. The number of amides is 1. The summed E-state index contributed by atoms with van der Waals surface area (Å²) < 4.78 is 70.3. The molecule has 1 aliphatic heterocycles. The van der Waals surface area contributed by atoms with Crippen molar-refractivity contribution in [2.75, 3.05) is 24.5 Å². The van der Waals surface area contributed by atoms with Crippen molar-refractivity contribution < 1.29 is 31.5 Å². The lowest BCUT2D eigenvalue weighted by Crippen LogP contribution is -2.43. The summed E-state index contributed by atoms with van der Waals surface area (Å²) in [4.78, 5) is 25.3. The molecule has 1 aromatic heterocycles. The number of carbonyl (C=O) groups is 1. The number of rotatable bonds is 6. The van der Waals surface area contributed by atoms with Gasteiger partial charge >= 0.3 is 6.36 Å². The molecule has 11 heteroatoms. The number of anilines is 1. The lowest BCUT2D eigenvalue weighted by Gasteiger charge is -2.30. The Morgan fingerprint density at radius 2 is 1.81 bits per heavy atom. The summed E-state index contributed by atoms with van der Waals surface area (Å²) in [5.74, 6) is -2.51. The number of nitrogens with zero attached hydrogens (tertiary/aromatic N) is 4.